The van der Waals surface area contributed by atoms with E-state index in [1.807, 2.05) is 31.2 Å². The molecule has 1 N–H and O–H groups in total. The Morgan fingerprint density at radius 2 is 1.89 bits per heavy atom. The van der Waals surface area contributed by atoms with E-state index in [2.05, 4.69) is 24.1 Å². The second-order valence-corrected chi connectivity index (χ2v) is 9.39. The first-order valence-electron chi connectivity index (χ1n) is 12.5. The Morgan fingerprint density at radius 1 is 1.11 bits per heavy atom. The van der Waals surface area contributed by atoms with Crippen molar-refractivity contribution in [2.75, 3.05) is 25.1 Å². The van der Waals surface area contributed by atoms with Gasteiger partial charge in [0, 0.05) is 53.9 Å². The van der Waals surface area contributed by atoms with Crippen LogP contribution < -0.4 is 14.8 Å². The van der Waals surface area contributed by atoms with Crippen LogP contribution in [0, 0.1) is 0 Å². The maximum absolute atomic E-state index is 13.6. The van der Waals surface area contributed by atoms with Crippen LogP contribution in [-0.2, 0) is 22.5 Å². The van der Waals surface area contributed by atoms with Gasteiger partial charge in [-0.1, -0.05) is 25.1 Å². The molecule has 0 saturated heterocycles. The molecule has 0 aliphatic carbocycles. The van der Waals surface area contributed by atoms with E-state index in [9.17, 15) is 9.59 Å². The number of hydrogen-bond donors (Lipinski definition) is 1. The molecule has 36 heavy (non-hydrogen) atoms. The fraction of sp³-hybridized carbons (Fsp3) is 0.393. The Bertz CT molecular complexity index is 1310. The van der Waals surface area contributed by atoms with Gasteiger partial charge in [-0.2, -0.15) is 0 Å². The SMILES string of the molecule is CCC(OC(=O)c1c2c(nc3ccccc13)CCN(C(C)C)C2)C(=O)Nc1ccc2c(c1)OCCO2. The summed E-state index contributed by atoms with van der Waals surface area (Å²) in [7, 11) is 0. The van der Waals surface area contributed by atoms with Crippen LogP contribution in [0.5, 0.6) is 11.5 Å². The van der Waals surface area contributed by atoms with Gasteiger partial charge in [-0.15, -0.1) is 0 Å². The van der Waals surface area contributed by atoms with Gasteiger partial charge in [0.1, 0.15) is 13.2 Å². The molecule has 1 atom stereocenters. The summed E-state index contributed by atoms with van der Waals surface area (Å²) in [6, 6.07) is 13.2. The summed E-state index contributed by atoms with van der Waals surface area (Å²) in [5.41, 5.74) is 3.63. The molecule has 0 bridgehead atoms. The number of rotatable bonds is 6. The molecule has 0 fully saturated rings. The molecule has 1 amide bonds. The van der Waals surface area contributed by atoms with Gasteiger partial charge in [0.25, 0.3) is 5.91 Å². The Morgan fingerprint density at radius 3 is 2.67 bits per heavy atom. The van der Waals surface area contributed by atoms with Crippen LogP contribution in [-0.4, -0.2) is 53.7 Å². The summed E-state index contributed by atoms with van der Waals surface area (Å²) in [4.78, 5) is 33.9. The van der Waals surface area contributed by atoms with Gasteiger partial charge in [0.15, 0.2) is 17.6 Å². The molecule has 3 aromatic rings. The van der Waals surface area contributed by atoms with Crippen LogP contribution >= 0.6 is 0 Å². The first-order chi connectivity index (χ1) is 17.4. The fourth-order valence-corrected chi connectivity index (χ4v) is 4.74. The van der Waals surface area contributed by atoms with Crippen LogP contribution in [0.15, 0.2) is 42.5 Å². The van der Waals surface area contributed by atoms with Gasteiger partial charge in [0.2, 0.25) is 0 Å². The second kappa shape index (κ2) is 10.1. The van der Waals surface area contributed by atoms with Crippen LogP contribution in [0.25, 0.3) is 10.9 Å². The lowest BCUT2D eigenvalue weighted by molar-refractivity contribution is -0.124. The largest absolute Gasteiger partial charge is 0.486 e. The Labute approximate surface area is 210 Å². The number of esters is 1. The van der Waals surface area contributed by atoms with Crippen molar-refractivity contribution in [1.82, 2.24) is 9.88 Å². The van der Waals surface area contributed by atoms with Crippen molar-refractivity contribution in [3.05, 3.63) is 59.3 Å². The lowest BCUT2D eigenvalue weighted by Crippen LogP contribution is -2.38. The number of aromatic nitrogens is 1. The third kappa shape index (κ3) is 4.73. The first kappa shape index (κ1) is 24.1. The summed E-state index contributed by atoms with van der Waals surface area (Å²) in [5.74, 6) is 0.328. The van der Waals surface area contributed by atoms with E-state index in [-0.39, 0.29) is 0 Å². The van der Waals surface area contributed by atoms with E-state index in [1.165, 1.54) is 0 Å². The molecule has 188 valence electrons. The molecule has 8 heteroatoms. The number of fused-ring (bicyclic) bond motifs is 3. The van der Waals surface area contributed by atoms with Crippen LogP contribution in [0.3, 0.4) is 0 Å². The van der Waals surface area contributed by atoms with E-state index in [0.29, 0.717) is 55.0 Å². The number of amides is 1. The highest BCUT2D eigenvalue weighted by atomic mass is 16.6. The number of carbonyl (C=O) groups excluding carboxylic acids is 2. The fourth-order valence-electron chi connectivity index (χ4n) is 4.74. The van der Waals surface area contributed by atoms with E-state index < -0.39 is 18.0 Å². The van der Waals surface area contributed by atoms with Crippen molar-refractivity contribution in [3.63, 3.8) is 0 Å². The van der Waals surface area contributed by atoms with E-state index in [1.54, 1.807) is 18.2 Å². The van der Waals surface area contributed by atoms with Crippen LogP contribution in [0.4, 0.5) is 5.69 Å². The Hall–Kier alpha value is -3.65. The predicted octanol–water partition coefficient (Wildman–Crippen LogP) is 4.35. The number of pyridine rings is 1. The minimum absolute atomic E-state index is 0.339. The van der Waals surface area contributed by atoms with Crippen LogP contribution in [0.1, 0.15) is 48.8 Å². The second-order valence-electron chi connectivity index (χ2n) is 9.39. The van der Waals surface area contributed by atoms with Crippen molar-refractivity contribution in [3.8, 4) is 11.5 Å². The first-order valence-corrected chi connectivity index (χ1v) is 12.5. The summed E-state index contributed by atoms with van der Waals surface area (Å²) in [6.07, 6.45) is 0.157. The minimum Gasteiger partial charge on any atom is -0.486 e. The van der Waals surface area contributed by atoms with Gasteiger partial charge < -0.3 is 19.5 Å². The molecular formula is C28H31N3O5. The molecule has 2 aliphatic rings. The van der Waals surface area contributed by atoms with Crippen molar-refractivity contribution in [1.29, 1.82) is 0 Å². The number of hydrogen-bond acceptors (Lipinski definition) is 7. The number of carbonyl (C=O) groups is 2. The molecule has 8 nitrogen and oxygen atoms in total. The van der Waals surface area contributed by atoms with E-state index in [4.69, 9.17) is 19.2 Å². The topological polar surface area (TPSA) is 90.0 Å². The monoisotopic (exact) mass is 489 g/mol. The lowest BCUT2D eigenvalue weighted by atomic mass is 9.95. The number of nitrogens with zero attached hydrogens (tertiary/aromatic N) is 2. The minimum atomic E-state index is -0.946. The van der Waals surface area contributed by atoms with Gasteiger partial charge in [0.05, 0.1) is 11.1 Å². The Kier molecular flexibility index (Phi) is 6.78. The predicted molar refractivity (Wildman–Crippen MR) is 137 cm³/mol. The highest BCUT2D eigenvalue weighted by Gasteiger charge is 2.30. The molecule has 0 radical (unpaired) electrons. The number of ether oxygens (including phenoxy) is 3. The zero-order valence-electron chi connectivity index (χ0n) is 20.9. The number of anilines is 1. The third-order valence-corrected chi connectivity index (χ3v) is 6.73. The van der Waals surface area contributed by atoms with Crippen molar-refractivity contribution >= 4 is 28.5 Å². The quantitative estimate of drug-likeness (QED) is 0.515. The van der Waals surface area contributed by atoms with Crippen LogP contribution in [0.2, 0.25) is 0 Å². The average Bonchev–Trinajstić information content (AvgIpc) is 2.89. The maximum Gasteiger partial charge on any atom is 0.340 e. The average molecular weight is 490 g/mol. The molecule has 5 rings (SSSR count). The van der Waals surface area contributed by atoms with E-state index in [0.717, 1.165) is 35.1 Å². The van der Waals surface area contributed by atoms with Gasteiger partial charge in [-0.3, -0.25) is 14.7 Å². The molecule has 2 aromatic carbocycles. The molecule has 3 heterocycles. The molecule has 2 aliphatic heterocycles. The zero-order valence-corrected chi connectivity index (χ0v) is 20.9. The molecular weight excluding hydrogens is 458 g/mol. The summed E-state index contributed by atoms with van der Waals surface area (Å²) in [5, 5.41) is 3.59. The maximum atomic E-state index is 13.6. The molecule has 1 unspecified atom stereocenters. The highest BCUT2D eigenvalue weighted by Crippen LogP contribution is 2.33. The van der Waals surface area contributed by atoms with Gasteiger partial charge >= 0.3 is 5.97 Å². The Balaban J connectivity index is 1.41. The molecule has 0 saturated carbocycles. The van der Waals surface area contributed by atoms with Crippen molar-refractivity contribution in [2.24, 2.45) is 0 Å². The summed E-state index contributed by atoms with van der Waals surface area (Å²) >= 11 is 0. The summed E-state index contributed by atoms with van der Waals surface area (Å²) in [6.45, 7) is 8.57. The van der Waals surface area contributed by atoms with Crippen molar-refractivity contribution < 1.29 is 23.8 Å². The number of para-hydroxylation sites is 1. The normalized spacial score (nSPS) is 15.9. The summed E-state index contributed by atoms with van der Waals surface area (Å²) < 4.78 is 17.0. The van der Waals surface area contributed by atoms with Gasteiger partial charge in [-0.05, 0) is 38.5 Å². The highest BCUT2D eigenvalue weighted by molar-refractivity contribution is 6.06. The van der Waals surface area contributed by atoms with E-state index >= 15 is 0 Å². The van der Waals surface area contributed by atoms with Gasteiger partial charge in [-0.25, -0.2) is 4.79 Å². The smallest absolute Gasteiger partial charge is 0.340 e. The molecule has 0 spiro atoms. The van der Waals surface area contributed by atoms with Crippen molar-refractivity contribution in [2.45, 2.75) is 52.3 Å². The lowest BCUT2D eigenvalue weighted by Gasteiger charge is -2.32. The number of nitrogens with one attached hydrogen (secondary N) is 1. The third-order valence-electron chi connectivity index (χ3n) is 6.73. The molecule has 1 aromatic heterocycles. The number of benzene rings is 2. The standard InChI is InChI=1S/C28H31N3O5/c1-4-23(27(32)29-18-9-10-24-25(15-18)35-14-13-34-24)36-28(33)26-19-7-5-6-8-21(19)30-22-11-12-31(17(2)3)16-20(22)26/h5-10,15,17,23H,4,11-14,16H2,1-3H3,(H,29,32). The zero-order chi connectivity index (χ0) is 25.2.